The van der Waals surface area contributed by atoms with E-state index >= 15 is 0 Å². The summed E-state index contributed by atoms with van der Waals surface area (Å²) in [6.45, 7) is 5.58. The van der Waals surface area contributed by atoms with E-state index in [4.69, 9.17) is 9.47 Å². The smallest absolute Gasteiger partial charge is 0.255 e. The highest BCUT2D eigenvalue weighted by atomic mass is 16.5. The summed E-state index contributed by atoms with van der Waals surface area (Å²) in [4.78, 5) is 27.8. The number of carbonyl (C=O) groups excluding carboxylic acids is 2. The van der Waals surface area contributed by atoms with E-state index in [9.17, 15) is 9.59 Å². The zero-order valence-electron chi connectivity index (χ0n) is 19.3. The maximum Gasteiger partial charge on any atom is 0.255 e. The third kappa shape index (κ3) is 5.52. The van der Waals surface area contributed by atoms with Gasteiger partial charge in [0.1, 0.15) is 11.5 Å². The largest absolute Gasteiger partial charge is 0.497 e. The van der Waals surface area contributed by atoms with Crippen LogP contribution in [0.25, 0.3) is 0 Å². The molecule has 1 aliphatic heterocycles. The van der Waals surface area contributed by atoms with Gasteiger partial charge in [-0.2, -0.15) is 0 Å². The molecular weight excluding hydrogens is 406 g/mol. The van der Waals surface area contributed by atoms with Gasteiger partial charge in [0, 0.05) is 36.9 Å². The van der Waals surface area contributed by atoms with E-state index < -0.39 is 0 Å². The second kappa shape index (κ2) is 10.9. The van der Waals surface area contributed by atoms with E-state index in [1.54, 1.807) is 32.4 Å². The van der Waals surface area contributed by atoms with Crippen LogP contribution in [0.15, 0.2) is 42.5 Å². The van der Waals surface area contributed by atoms with Crippen molar-refractivity contribution >= 4 is 17.5 Å². The normalized spacial score (nSPS) is 15.1. The van der Waals surface area contributed by atoms with E-state index in [0.717, 1.165) is 38.0 Å². The predicted octanol–water partition coefficient (Wildman–Crippen LogP) is 3.63. The van der Waals surface area contributed by atoms with Crippen LogP contribution in [0.2, 0.25) is 0 Å². The molecule has 0 radical (unpaired) electrons. The topological polar surface area (TPSA) is 79.9 Å². The molecule has 1 saturated heterocycles. The van der Waals surface area contributed by atoms with Crippen LogP contribution in [0.1, 0.15) is 53.8 Å². The fourth-order valence-electron chi connectivity index (χ4n) is 3.86. The quantitative estimate of drug-likeness (QED) is 0.657. The van der Waals surface area contributed by atoms with Gasteiger partial charge in [0.2, 0.25) is 0 Å². The van der Waals surface area contributed by atoms with Crippen molar-refractivity contribution < 1.29 is 19.1 Å². The lowest BCUT2D eigenvalue weighted by atomic mass is 10.0. The highest BCUT2D eigenvalue weighted by Gasteiger charge is 2.25. The highest BCUT2D eigenvalue weighted by Crippen LogP contribution is 2.27. The van der Waals surface area contributed by atoms with Crippen molar-refractivity contribution in [3.05, 3.63) is 53.6 Å². The summed E-state index contributed by atoms with van der Waals surface area (Å²) in [5, 5.41) is 6.18. The van der Waals surface area contributed by atoms with Crippen LogP contribution < -0.4 is 25.0 Å². The van der Waals surface area contributed by atoms with Crippen molar-refractivity contribution in [3.63, 3.8) is 0 Å². The van der Waals surface area contributed by atoms with Crippen LogP contribution in [0.4, 0.5) is 5.69 Å². The van der Waals surface area contributed by atoms with E-state index in [0.29, 0.717) is 22.6 Å². The molecule has 0 saturated carbocycles. The first-order chi connectivity index (χ1) is 15.5. The molecule has 7 heteroatoms. The van der Waals surface area contributed by atoms with Crippen LogP contribution in [-0.4, -0.2) is 51.2 Å². The van der Waals surface area contributed by atoms with Crippen molar-refractivity contribution in [3.8, 4) is 11.5 Å². The first kappa shape index (κ1) is 23.4. The molecule has 1 heterocycles. The zero-order chi connectivity index (χ0) is 23.1. The highest BCUT2D eigenvalue weighted by molar-refractivity contribution is 6.00. The van der Waals surface area contributed by atoms with Crippen molar-refractivity contribution in [2.24, 2.45) is 0 Å². The van der Waals surface area contributed by atoms with Gasteiger partial charge in [-0.3, -0.25) is 9.59 Å². The number of methoxy groups -OCH3 is 2. The minimum atomic E-state index is -0.156. The third-order valence-corrected chi connectivity index (χ3v) is 5.96. The van der Waals surface area contributed by atoms with Gasteiger partial charge in [-0.05, 0) is 50.5 Å². The molecular formula is C25H33N3O4. The molecule has 7 nitrogen and oxygen atoms in total. The van der Waals surface area contributed by atoms with E-state index in [2.05, 4.69) is 22.5 Å². The van der Waals surface area contributed by atoms with Gasteiger partial charge in [0.25, 0.3) is 11.8 Å². The number of para-hydroxylation sites is 1. The lowest BCUT2D eigenvalue weighted by Gasteiger charge is -2.35. The van der Waals surface area contributed by atoms with Crippen molar-refractivity contribution in [1.82, 2.24) is 10.6 Å². The van der Waals surface area contributed by atoms with Crippen LogP contribution >= 0.6 is 0 Å². The molecule has 0 bridgehead atoms. The molecule has 32 heavy (non-hydrogen) atoms. The average molecular weight is 440 g/mol. The van der Waals surface area contributed by atoms with Gasteiger partial charge in [-0.1, -0.05) is 19.1 Å². The van der Waals surface area contributed by atoms with Gasteiger partial charge in [-0.25, -0.2) is 0 Å². The van der Waals surface area contributed by atoms with Crippen LogP contribution in [0, 0.1) is 0 Å². The maximum atomic E-state index is 12.8. The van der Waals surface area contributed by atoms with Gasteiger partial charge >= 0.3 is 0 Å². The van der Waals surface area contributed by atoms with Crippen molar-refractivity contribution in [2.75, 3.05) is 32.2 Å². The summed E-state index contributed by atoms with van der Waals surface area (Å²) < 4.78 is 10.6. The minimum absolute atomic E-state index is 0.0445. The maximum absolute atomic E-state index is 12.8. The Kier molecular flexibility index (Phi) is 7.98. The molecule has 2 amide bonds. The number of rotatable bonds is 8. The second-order valence-electron chi connectivity index (χ2n) is 8.10. The van der Waals surface area contributed by atoms with Crippen LogP contribution in [0.5, 0.6) is 11.5 Å². The molecule has 1 unspecified atom stereocenters. The Bertz CT molecular complexity index is 939. The number of ether oxygens (including phenoxy) is 2. The summed E-state index contributed by atoms with van der Waals surface area (Å²) in [6.07, 6.45) is 2.48. The monoisotopic (exact) mass is 439 g/mol. The Labute approximate surface area is 190 Å². The number of nitrogens with one attached hydrogen (secondary N) is 2. The standard InChI is InChI=1S/C25H33N3O4/c1-5-17(2)26-24(29)20-8-6-7-9-22(20)28-14-12-18(13-15-28)27-25(30)21-11-10-19(31-3)16-23(21)32-4/h6-11,16-18H,5,12-15H2,1-4H3,(H,26,29)(H,27,30). The Morgan fingerprint density at radius 1 is 1.03 bits per heavy atom. The van der Waals surface area contributed by atoms with Gasteiger partial charge in [-0.15, -0.1) is 0 Å². The number of nitrogens with zero attached hydrogens (tertiary/aromatic N) is 1. The molecule has 1 fully saturated rings. The number of hydrogen-bond acceptors (Lipinski definition) is 5. The molecule has 172 valence electrons. The Balaban J connectivity index is 1.63. The van der Waals surface area contributed by atoms with Gasteiger partial charge < -0.3 is 25.0 Å². The Hall–Kier alpha value is -3.22. The minimum Gasteiger partial charge on any atom is -0.497 e. The molecule has 2 aromatic carbocycles. The summed E-state index contributed by atoms with van der Waals surface area (Å²) >= 11 is 0. The van der Waals surface area contributed by atoms with E-state index in [1.165, 1.54) is 0 Å². The van der Waals surface area contributed by atoms with Crippen LogP contribution in [0.3, 0.4) is 0 Å². The summed E-state index contributed by atoms with van der Waals surface area (Å²) in [6, 6.07) is 13.1. The zero-order valence-corrected chi connectivity index (χ0v) is 19.3. The lowest BCUT2D eigenvalue weighted by molar-refractivity contribution is 0.0925. The number of benzene rings is 2. The number of piperidine rings is 1. The van der Waals surface area contributed by atoms with Crippen molar-refractivity contribution in [1.29, 1.82) is 0 Å². The lowest BCUT2D eigenvalue weighted by Crippen LogP contribution is -2.45. The number of carbonyl (C=O) groups is 2. The summed E-state index contributed by atoms with van der Waals surface area (Å²) in [5.74, 6) is 0.927. The van der Waals surface area contributed by atoms with Gasteiger partial charge in [0.05, 0.1) is 25.3 Å². The average Bonchev–Trinajstić information content (AvgIpc) is 2.83. The summed E-state index contributed by atoms with van der Waals surface area (Å²) in [7, 11) is 3.12. The van der Waals surface area contributed by atoms with Gasteiger partial charge in [0.15, 0.2) is 0 Å². The fraction of sp³-hybridized carbons (Fsp3) is 0.440. The number of amides is 2. The molecule has 2 N–H and O–H groups in total. The third-order valence-electron chi connectivity index (χ3n) is 5.96. The molecule has 0 aromatic heterocycles. The first-order valence-electron chi connectivity index (χ1n) is 11.1. The molecule has 0 aliphatic carbocycles. The van der Waals surface area contributed by atoms with Crippen molar-refractivity contribution in [2.45, 2.75) is 45.2 Å². The molecule has 1 atom stereocenters. The SMILES string of the molecule is CCC(C)NC(=O)c1ccccc1N1CCC(NC(=O)c2ccc(OC)cc2OC)CC1. The van der Waals surface area contributed by atoms with E-state index in [1.807, 2.05) is 31.2 Å². The first-order valence-corrected chi connectivity index (χ1v) is 11.1. The number of hydrogen-bond donors (Lipinski definition) is 2. The second-order valence-corrected chi connectivity index (χ2v) is 8.10. The molecule has 1 aliphatic rings. The summed E-state index contributed by atoms with van der Waals surface area (Å²) in [5.41, 5.74) is 2.12. The number of anilines is 1. The molecule has 2 aromatic rings. The molecule has 0 spiro atoms. The Morgan fingerprint density at radius 3 is 2.41 bits per heavy atom. The molecule has 3 rings (SSSR count). The Morgan fingerprint density at radius 2 is 1.75 bits per heavy atom. The fourth-order valence-corrected chi connectivity index (χ4v) is 3.86. The van der Waals surface area contributed by atoms with Crippen LogP contribution in [-0.2, 0) is 0 Å². The predicted molar refractivity (Wildman–Crippen MR) is 126 cm³/mol. The van der Waals surface area contributed by atoms with E-state index in [-0.39, 0.29) is 23.9 Å².